The number of benzene rings is 2. The topological polar surface area (TPSA) is 91.8 Å². The first-order valence-electron chi connectivity index (χ1n) is 8.86. The molecule has 0 saturated carbocycles. The fourth-order valence-electron chi connectivity index (χ4n) is 3.16. The number of carbonyl (C=O) groups excluding carboxylic acids is 1. The van der Waals surface area contributed by atoms with Gasteiger partial charge in [-0.15, -0.1) is 0 Å². The maximum Gasteiger partial charge on any atom is 0.253 e. The highest BCUT2D eigenvalue weighted by Crippen LogP contribution is 2.25. The quantitative estimate of drug-likeness (QED) is 0.703. The third-order valence-corrected chi connectivity index (χ3v) is 8.19. The number of rotatable bonds is 4. The van der Waals surface area contributed by atoms with Crippen LogP contribution < -0.4 is 0 Å². The van der Waals surface area contributed by atoms with E-state index in [4.69, 9.17) is 11.6 Å². The Hall–Kier alpha value is -1.94. The lowest BCUT2D eigenvalue weighted by molar-refractivity contribution is 0.0698. The summed E-state index contributed by atoms with van der Waals surface area (Å²) in [5.41, 5.74) is 0.917. The molecule has 2 aromatic carbocycles. The van der Waals surface area contributed by atoms with Gasteiger partial charge in [-0.3, -0.25) is 4.79 Å². The summed E-state index contributed by atoms with van der Waals surface area (Å²) in [6.45, 7) is 2.33. The van der Waals surface area contributed by atoms with Crippen molar-refractivity contribution in [1.82, 2.24) is 9.21 Å². The zero-order valence-electron chi connectivity index (χ0n) is 16.0. The van der Waals surface area contributed by atoms with Crippen LogP contribution in [0.25, 0.3) is 0 Å². The lowest BCUT2D eigenvalue weighted by atomic mass is 10.2. The molecule has 1 heterocycles. The van der Waals surface area contributed by atoms with Crippen LogP contribution in [0.15, 0.2) is 52.3 Å². The number of sulfone groups is 1. The molecule has 0 spiro atoms. The van der Waals surface area contributed by atoms with Crippen molar-refractivity contribution in [2.24, 2.45) is 0 Å². The summed E-state index contributed by atoms with van der Waals surface area (Å²) in [7, 11) is -7.42. The van der Waals surface area contributed by atoms with Gasteiger partial charge in [-0.25, -0.2) is 16.8 Å². The minimum absolute atomic E-state index is 0.0324. The SMILES string of the molecule is Cc1ccc(S(C)(=O)=O)cc1S(=O)(=O)N1CCN(C(=O)c2cccc(Cl)c2)CC1. The van der Waals surface area contributed by atoms with Crippen molar-refractivity contribution in [2.75, 3.05) is 32.4 Å². The zero-order chi connectivity index (χ0) is 21.4. The normalized spacial score (nSPS) is 16.0. The number of halogens is 1. The summed E-state index contributed by atoms with van der Waals surface area (Å²) < 4.78 is 51.1. The molecule has 1 amide bonds. The summed E-state index contributed by atoms with van der Waals surface area (Å²) >= 11 is 5.94. The minimum Gasteiger partial charge on any atom is -0.336 e. The van der Waals surface area contributed by atoms with E-state index in [9.17, 15) is 21.6 Å². The Morgan fingerprint density at radius 3 is 2.21 bits per heavy atom. The fourth-order valence-corrected chi connectivity index (χ4v) is 5.75. The zero-order valence-corrected chi connectivity index (χ0v) is 18.4. The molecule has 0 aliphatic carbocycles. The Morgan fingerprint density at radius 1 is 0.966 bits per heavy atom. The smallest absolute Gasteiger partial charge is 0.253 e. The summed E-state index contributed by atoms with van der Waals surface area (Å²) in [5, 5.41) is 0.457. The molecule has 10 heteroatoms. The molecule has 0 bridgehead atoms. The van der Waals surface area contributed by atoms with Crippen LogP contribution in [-0.2, 0) is 19.9 Å². The second-order valence-corrected chi connectivity index (χ2v) is 11.3. The second-order valence-electron chi connectivity index (χ2n) is 6.91. The molecule has 1 fully saturated rings. The van der Waals surface area contributed by atoms with Gasteiger partial charge in [0.25, 0.3) is 5.91 Å². The van der Waals surface area contributed by atoms with Crippen LogP contribution in [0.5, 0.6) is 0 Å². The van der Waals surface area contributed by atoms with Crippen LogP contribution in [0.4, 0.5) is 0 Å². The number of hydrogen-bond acceptors (Lipinski definition) is 5. The molecule has 0 N–H and O–H groups in total. The van der Waals surface area contributed by atoms with E-state index in [2.05, 4.69) is 0 Å². The van der Waals surface area contributed by atoms with Gasteiger partial charge < -0.3 is 4.90 Å². The highest BCUT2D eigenvalue weighted by Gasteiger charge is 2.32. The Labute approximate surface area is 175 Å². The Morgan fingerprint density at radius 2 is 1.62 bits per heavy atom. The highest BCUT2D eigenvalue weighted by atomic mass is 35.5. The molecule has 1 aliphatic rings. The van der Waals surface area contributed by atoms with Crippen LogP contribution in [0.2, 0.25) is 5.02 Å². The first-order chi connectivity index (χ1) is 13.5. The molecule has 29 heavy (non-hydrogen) atoms. The Bertz CT molecular complexity index is 1150. The van der Waals surface area contributed by atoms with Gasteiger partial charge in [-0.2, -0.15) is 4.31 Å². The number of piperazine rings is 1. The summed E-state index contributed by atoms with van der Waals surface area (Å²) in [4.78, 5) is 14.1. The number of amides is 1. The van der Waals surface area contributed by atoms with E-state index in [1.165, 1.54) is 22.5 Å². The molecule has 0 aromatic heterocycles. The van der Waals surface area contributed by atoms with Gasteiger partial charge in [0.2, 0.25) is 10.0 Å². The van der Waals surface area contributed by atoms with Crippen molar-refractivity contribution in [3.8, 4) is 0 Å². The number of carbonyl (C=O) groups is 1. The first kappa shape index (κ1) is 21.8. The van der Waals surface area contributed by atoms with Gasteiger partial charge in [-0.05, 0) is 42.8 Å². The van der Waals surface area contributed by atoms with Crippen LogP contribution >= 0.6 is 11.6 Å². The lowest BCUT2D eigenvalue weighted by Gasteiger charge is -2.34. The molecule has 2 aromatic rings. The third-order valence-electron chi connectivity index (χ3n) is 4.80. The van der Waals surface area contributed by atoms with Crippen molar-refractivity contribution in [2.45, 2.75) is 16.7 Å². The number of hydrogen-bond donors (Lipinski definition) is 0. The van der Waals surface area contributed by atoms with Gasteiger partial charge in [0.15, 0.2) is 9.84 Å². The Kier molecular flexibility index (Phi) is 6.05. The molecule has 3 rings (SSSR count). The largest absolute Gasteiger partial charge is 0.336 e. The maximum atomic E-state index is 13.1. The first-order valence-corrected chi connectivity index (χ1v) is 12.6. The van der Waals surface area contributed by atoms with E-state index in [1.54, 1.807) is 36.1 Å². The molecule has 0 atom stereocenters. The highest BCUT2D eigenvalue weighted by molar-refractivity contribution is 7.91. The van der Waals surface area contributed by atoms with E-state index >= 15 is 0 Å². The summed E-state index contributed by atoms with van der Waals surface area (Å²) in [6, 6.07) is 10.7. The van der Waals surface area contributed by atoms with Gasteiger partial charge in [0.05, 0.1) is 9.79 Å². The van der Waals surface area contributed by atoms with E-state index in [0.29, 0.717) is 16.1 Å². The maximum absolute atomic E-state index is 13.1. The number of nitrogens with zero attached hydrogens (tertiary/aromatic N) is 2. The van der Waals surface area contributed by atoms with Crippen molar-refractivity contribution < 1.29 is 21.6 Å². The molecular formula is C19H21ClN2O5S2. The second kappa shape index (κ2) is 8.06. The summed E-state index contributed by atoms with van der Waals surface area (Å²) in [6.07, 6.45) is 1.04. The van der Waals surface area contributed by atoms with Crippen LogP contribution in [0.3, 0.4) is 0 Å². The summed E-state index contributed by atoms with van der Waals surface area (Å²) in [5.74, 6) is -0.209. The predicted octanol–water partition coefficient (Wildman–Crippen LogP) is 2.20. The van der Waals surface area contributed by atoms with Crippen molar-refractivity contribution in [3.05, 3.63) is 58.6 Å². The monoisotopic (exact) mass is 456 g/mol. The average molecular weight is 457 g/mol. The van der Waals surface area contributed by atoms with Gasteiger partial charge in [0.1, 0.15) is 0 Å². The van der Waals surface area contributed by atoms with Crippen molar-refractivity contribution in [1.29, 1.82) is 0 Å². The molecule has 7 nitrogen and oxygen atoms in total. The van der Waals surface area contributed by atoms with Crippen molar-refractivity contribution in [3.63, 3.8) is 0 Å². The van der Waals surface area contributed by atoms with E-state index in [0.717, 1.165) is 6.26 Å². The van der Waals surface area contributed by atoms with E-state index < -0.39 is 19.9 Å². The lowest BCUT2D eigenvalue weighted by Crippen LogP contribution is -2.50. The molecular weight excluding hydrogens is 436 g/mol. The standard InChI is InChI=1S/C19H21ClN2O5S2/c1-14-6-7-17(28(2,24)25)13-18(14)29(26,27)22-10-8-21(9-11-22)19(23)15-4-3-5-16(20)12-15/h3-7,12-13H,8-11H2,1-2H3. The van der Waals surface area contributed by atoms with Crippen LogP contribution in [-0.4, -0.2) is 64.4 Å². The van der Waals surface area contributed by atoms with Crippen molar-refractivity contribution >= 4 is 37.4 Å². The van der Waals surface area contributed by atoms with Gasteiger partial charge >= 0.3 is 0 Å². The molecule has 0 radical (unpaired) electrons. The molecule has 156 valence electrons. The van der Waals surface area contributed by atoms with Gasteiger partial charge in [0, 0.05) is 43.0 Å². The van der Waals surface area contributed by atoms with Gasteiger partial charge in [-0.1, -0.05) is 23.7 Å². The van der Waals surface area contributed by atoms with E-state index in [1.807, 2.05) is 0 Å². The fraction of sp³-hybridized carbons (Fsp3) is 0.316. The number of sulfonamides is 1. The minimum atomic E-state index is -3.89. The third kappa shape index (κ3) is 4.63. The molecule has 1 saturated heterocycles. The number of aryl methyl sites for hydroxylation is 1. The predicted molar refractivity (Wildman–Crippen MR) is 110 cm³/mol. The average Bonchev–Trinajstić information content (AvgIpc) is 2.67. The molecule has 1 aliphatic heterocycles. The Balaban J connectivity index is 1.79. The molecule has 0 unspecified atom stereocenters. The van der Waals surface area contributed by atoms with Crippen LogP contribution in [0, 0.1) is 6.92 Å². The van der Waals surface area contributed by atoms with Crippen LogP contribution in [0.1, 0.15) is 15.9 Å². The van der Waals surface area contributed by atoms with E-state index in [-0.39, 0.29) is 41.9 Å².